The first kappa shape index (κ1) is 15.3. The molecule has 0 aromatic heterocycles. The minimum absolute atomic E-state index is 0.0820. The van der Waals surface area contributed by atoms with Crippen molar-refractivity contribution < 1.29 is 19.6 Å². The van der Waals surface area contributed by atoms with Gasteiger partial charge in [0.2, 0.25) is 0 Å². The van der Waals surface area contributed by atoms with Crippen LogP contribution in [-0.2, 0) is 0 Å². The average molecular weight is 281 g/mol. The molecule has 0 atom stereocenters. The smallest absolute Gasteiger partial charge is 0.404 e. The fourth-order valence-electron chi connectivity index (χ4n) is 1.49. The molecule has 0 aliphatic heterocycles. The first-order valence-electron chi connectivity index (χ1n) is 5.73. The van der Waals surface area contributed by atoms with Crippen molar-refractivity contribution in [3.8, 4) is 5.75 Å². The number of hydrogen-bond donors (Lipinski definition) is 3. The third-order valence-corrected chi connectivity index (χ3v) is 2.36. The molecular weight excluding hydrogens is 266 g/mol. The van der Waals surface area contributed by atoms with Crippen LogP contribution in [0, 0.1) is 10.1 Å². The maximum Gasteiger partial charge on any atom is 0.404 e. The van der Waals surface area contributed by atoms with Gasteiger partial charge in [0.15, 0.2) is 5.69 Å². The zero-order valence-electron chi connectivity index (χ0n) is 10.8. The fraction of sp³-hybridized carbons (Fsp3) is 0.250. The lowest BCUT2D eigenvalue weighted by Gasteiger charge is -2.09. The highest BCUT2D eigenvalue weighted by Gasteiger charge is 2.17. The molecule has 8 heteroatoms. The van der Waals surface area contributed by atoms with Crippen molar-refractivity contribution in [2.75, 3.05) is 25.5 Å². The van der Waals surface area contributed by atoms with Gasteiger partial charge < -0.3 is 20.5 Å². The molecule has 0 saturated heterocycles. The average Bonchev–Trinajstić information content (AvgIpc) is 2.41. The van der Waals surface area contributed by atoms with Gasteiger partial charge in [-0.2, -0.15) is 0 Å². The normalized spacial score (nSPS) is 10.2. The molecule has 0 bridgehead atoms. The molecule has 20 heavy (non-hydrogen) atoms. The summed E-state index contributed by atoms with van der Waals surface area (Å²) < 4.78 is 5.06. The van der Waals surface area contributed by atoms with Gasteiger partial charge in [0.05, 0.1) is 12.0 Å². The quantitative estimate of drug-likeness (QED) is 0.399. The molecule has 1 aromatic rings. The van der Waals surface area contributed by atoms with Crippen LogP contribution in [0.1, 0.15) is 0 Å². The molecular formula is C12H15N3O5. The number of anilines is 1. The minimum Gasteiger partial charge on any atom is -0.494 e. The van der Waals surface area contributed by atoms with Gasteiger partial charge in [0.1, 0.15) is 5.75 Å². The Hall–Kier alpha value is -2.77. The van der Waals surface area contributed by atoms with Gasteiger partial charge in [0.25, 0.3) is 5.69 Å². The van der Waals surface area contributed by atoms with Gasteiger partial charge in [-0.05, 0) is 6.07 Å². The molecule has 1 amide bonds. The van der Waals surface area contributed by atoms with Crippen LogP contribution >= 0.6 is 0 Å². The summed E-state index contributed by atoms with van der Waals surface area (Å²) in [6.45, 7) is 0.480. The van der Waals surface area contributed by atoms with E-state index in [1.54, 1.807) is 18.2 Å². The summed E-state index contributed by atoms with van der Waals surface area (Å²) in [7, 11) is 1.43. The minimum atomic E-state index is -1.11. The molecule has 0 spiro atoms. The molecule has 0 aliphatic carbocycles. The second-order valence-corrected chi connectivity index (χ2v) is 3.65. The number of nitrogens with one attached hydrogen (secondary N) is 2. The van der Waals surface area contributed by atoms with Crippen LogP contribution in [0.5, 0.6) is 5.75 Å². The number of carboxylic acid groups (broad SMARTS) is 1. The first-order valence-corrected chi connectivity index (χ1v) is 5.73. The summed E-state index contributed by atoms with van der Waals surface area (Å²) in [6.07, 6.45) is 2.15. The van der Waals surface area contributed by atoms with Crippen molar-refractivity contribution in [3.05, 3.63) is 40.5 Å². The maximum atomic E-state index is 10.9. The number of benzene rings is 1. The number of hydrogen-bond acceptors (Lipinski definition) is 5. The SMILES string of the molecule is COc1cccc([N+](=O)[O-])c1NC/C=C/CNC(=O)O. The van der Waals surface area contributed by atoms with E-state index in [2.05, 4.69) is 10.6 Å². The van der Waals surface area contributed by atoms with Crippen LogP contribution in [0.4, 0.5) is 16.2 Å². The number of methoxy groups -OCH3 is 1. The lowest BCUT2D eigenvalue weighted by atomic mass is 10.2. The summed E-state index contributed by atoms with van der Waals surface area (Å²) in [5, 5.41) is 24.3. The Labute approximate surface area is 115 Å². The number of rotatable bonds is 7. The highest BCUT2D eigenvalue weighted by atomic mass is 16.6. The summed E-state index contributed by atoms with van der Waals surface area (Å²) in [4.78, 5) is 20.6. The van der Waals surface area contributed by atoms with E-state index in [-0.39, 0.29) is 17.9 Å². The Balaban J connectivity index is 2.67. The molecule has 0 unspecified atom stereocenters. The molecule has 0 radical (unpaired) electrons. The zero-order chi connectivity index (χ0) is 15.0. The maximum absolute atomic E-state index is 10.9. The van der Waals surface area contributed by atoms with Crippen LogP contribution in [0.25, 0.3) is 0 Å². The van der Waals surface area contributed by atoms with Crippen LogP contribution in [0.3, 0.4) is 0 Å². The van der Waals surface area contributed by atoms with Gasteiger partial charge >= 0.3 is 6.09 Å². The van der Waals surface area contributed by atoms with Gasteiger partial charge in [-0.3, -0.25) is 10.1 Å². The van der Waals surface area contributed by atoms with Crippen molar-refractivity contribution in [1.82, 2.24) is 5.32 Å². The number of nitro benzene ring substituents is 1. The van der Waals surface area contributed by atoms with Crippen LogP contribution in [0.2, 0.25) is 0 Å². The second-order valence-electron chi connectivity index (χ2n) is 3.65. The molecule has 1 rings (SSSR count). The predicted molar refractivity (Wildman–Crippen MR) is 73.3 cm³/mol. The van der Waals surface area contributed by atoms with Crippen LogP contribution < -0.4 is 15.4 Å². The molecule has 108 valence electrons. The van der Waals surface area contributed by atoms with E-state index in [0.29, 0.717) is 12.3 Å². The number of ether oxygens (including phenoxy) is 1. The van der Waals surface area contributed by atoms with Gasteiger partial charge in [-0.25, -0.2) is 4.79 Å². The molecule has 0 heterocycles. The third kappa shape index (κ3) is 4.48. The molecule has 0 fully saturated rings. The van der Waals surface area contributed by atoms with E-state index in [4.69, 9.17) is 9.84 Å². The van der Waals surface area contributed by atoms with Crippen molar-refractivity contribution in [1.29, 1.82) is 0 Å². The van der Waals surface area contributed by atoms with Crippen molar-refractivity contribution in [3.63, 3.8) is 0 Å². The number of nitrogens with zero attached hydrogens (tertiary/aromatic N) is 1. The Morgan fingerprint density at radius 3 is 2.75 bits per heavy atom. The van der Waals surface area contributed by atoms with Crippen LogP contribution in [-0.4, -0.2) is 36.3 Å². The highest BCUT2D eigenvalue weighted by molar-refractivity contribution is 5.70. The summed E-state index contributed by atoms with van der Waals surface area (Å²) >= 11 is 0. The summed E-state index contributed by atoms with van der Waals surface area (Å²) in [5.74, 6) is 0.372. The second kappa shape index (κ2) is 7.62. The lowest BCUT2D eigenvalue weighted by molar-refractivity contribution is -0.384. The number of carbonyl (C=O) groups is 1. The molecule has 3 N–H and O–H groups in total. The molecule has 0 aliphatic rings. The van der Waals surface area contributed by atoms with Crippen molar-refractivity contribution in [2.24, 2.45) is 0 Å². The highest BCUT2D eigenvalue weighted by Crippen LogP contribution is 2.33. The number of amides is 1. The Bertz CT molecular complexity index is 516. The van der Waals surface area contributed by atoms with Gasteiger partial charge in [-0.15, -0.1) is 0 Å². The monoisotopic (exact) mass is 281 g/mol. The molecule has 8 nitrogen and oxygen atoms in total. The van der Waals surface area contributed by atoms with E-state index in [1.165, 1.54) is 19.2 Å². The van der Waals surface area contributed by atoms with E-state index in [9.17, 15) is 14.9 Å². The topological polar surface area (TPSA) is 114 Å². The summed E-state index contributed by atoms with van der Waals surface area (Å²) in [5.41, 5.74) is 0.206. The van der Waals surface area contributed by atoms with E-state index < -0.39 is 11.0 Å². The van der Waals surface area contributed by atoms with Gasteiger partial charge in [-0.1, -0.05) is 18.2 Å². The zero-order valence-corrected chi connectivity index (χ0v) is 10.8. The largest absolute Gasteiger partial charge is 0.494 e. The van der Waals surface area contributed by atoms with E-state index in [0.717, 1.165) is 0 Å². The Kier molecular flexibility index (Phi) is 5.82. The van der Waals surface area contributed by atoms with Crippen molar-refractivity contribution >= 4 is 17.5 Å². The Morgan fingerprint density at radius 1 is 1.45 bits per heavy atom. The predicted octanol–water partition coefficient (Wildman–Crippen LogP) is 1.84. The van der Waals surface area contributed by atoms with Crippen molar-refractivity contribution in [2.45, 2.75) is 0 Å². The van der Waals surface area contributed by atoms with E-state index >= 15 is 0 Å². The number of para-hydroxylation sites is 1. The number of nitro groups is 1. The third-order valence-electron chi connectivity index (χ3n) is 2.36. The van der Waals surface area contributed by atoms with E-state index in [1.807, 2.05) is 0 Å². The van der Waals surface area contributed by atoms with Crippen LogP contribution in [0.15, 0.2) is 30.4 Å². The summed E-state index contributed by atoms with van der Waals surface area (Å²) in [6, 6.07) is 4.53. The molecule has 1 aromatic carbocycles. The lowest BCUT2D eigenvalue weighted by Crippen LogP contribution is -2.20. The fourth-order valence-corrected chi connectivity index (χ4v) is 1.49. The van der Waals surface area contributed by atoms with Gasteiger partial charge in [0, 0.05) is 19.2 Å². The Morgan fingerprint density at radius 2 is 2.15 bits per heavy atom. The molecule has 0 saturated carbocycles. The standard InChI is InChI=1S/C12H15N3O5/c1-20-10-6-4-5-9(15(18)19)11(10)13-7-2-3-8-14-12(16)17/h2-6,13-14H,7-8H2,1H3,(H,16,17)/b3-2+. The first-order chi connectivity index (χ1) is 9.56.